The first-order valence-electron chi connectivity index (χ1n) is 10.9. The number of benzene rings is 5. The van der Waals surface area contributed by atoms with Crippen LogP contribution in [0.5, 0.6) is 0 Å². The van der Waals surface area contributed by atoms with Crippen molar-refractivity contribution in [1.29, 1.82) is 0 Å². The van der Waals surface area contributed by atoms with Crippen LogP contribution in [0, 0.1) is 0 Å². The fourth-order valence-corrected chi connectivity index (χ4v) is 4.97. The molecule has 0 spiro atoms. The van der Waals surface area contributed by atoms with Gasteiger partial charge in [-0.25, -0.2) is 0 Å². The molecular weight excluding hydrogens is 390 g/mol. The second-order valence-corrected chi connectivity index (χ2v) is 8.20. The highest BCUT2D eigenvalue weighted by atomic mass is 16.3. The summed E-state index contributed by atoms with van der Waals surface area (Å²) in [6.45, 7) is 0. The second kappa shape index (κ2) is 6.60. The van der Waals surface area contributed by atoms with Gasteiger partial charge in [-0.15, -0.1) is 0 Å². The van der Waals surface area contributed by atoms with Crippen molar-refractivity contribution in [2.45, 2.75) is 0 Å². The Labute approximate surface area is 184 Å². The van der Waals surface area contributed by atoms with Crippen LogP contribution in [0.25, 0.3) is 60.6 Å². The zero-order valence-corrected chi connectivity index (χ0v) is 17.3. The fraction of sp³-hybridized carbons (Fsp3) is 0. The third kappa shape index (κ3) is 2.41. The summed E-state index contributed by atoms with van der Waals surface area (Å²) in [4.78, 5) is 0. The summed E-state index contributed by atoms with van der Waals surface area (Å²) in [5, 5.41) is 4.82. The fourth-order valence-electron chi connectivity index (χ4n) is 4.97. The van der Waals surface area contributed by atoms with Gasteiger partial charge in [0.25, 0.3) is 0 Å². The van der Waals surface area contributed by atoms with Gasteiger partial charge in [-0.05, 0) is 35.9 Å². The van der Waals surface area contributed by atoms with Crippen LogP contribution in [-0.4, -0.2) is 4.57 Å². The highest BCUT2D eigenvalue weighted by molar-refractivity contribution is 6.12. The Morgan fingerprint density at radius 2 is 1.16 bits per heavy atom. The summed E-state index contributed by atoms with van der Waals surface area (Å²) < 4.78 is 8.73. The first-order valence-corrected chi connectivity index (χ1v) is 10.9. The molecule has 2 heteroatoms. The van der Waals surface area contributed by atoms with Gasteiger partial charge in [0, 0.05) is 32.8 Å². The normalized spacial score (nSPS) is 11.8. The van der Waals surface area contributed by atoms with Crippen LogP contribution in [0.1, 0.15) is 0 Å². The van der Waals surface area contributed by atoms with Crippen molar-refractivity contribution in [2.24, 2.45) is 0 Å². The minimum atomic E-state index is 0.910. The van der Waals surface area contributed by atoms with Gasteiger partial charge < -0.3 is 8.98 Å². The van der Waals surface area contributed by atoms with Crippen LogP contribution >= 0.6 is 0 Å². The Bertz CT molecular complexity index is 1720. The van der Waals surface area contributed by atoms with E-state index in [1.165, 1.54) is 27.4 Å². The molecule has 5 aromatic carbocycles. The highest BCUT2D eigenvalue weighted by Crippen LogP contribution is 2.38. The molecule has 0 bridgehead atoms. The van der Waals surface area contributed by atoms with E-state index >= 15 is 0 Å². The lowest BCUT2D eigenvalue weighted by atomic mass is 10.0. The molecular formula is C30H19NO. The lowest BCUT2D eigenvalue weighted by Crippen LogP contribution is -1.93. The van der Waals surface area contributed by atoms with E-state index in [4.69, 9.17) is 4.42 Å². The SMILES string of the molecule is c1ccc(-c2cccc3c2oc2ccc(-n4c5ccccc5c5ccccc54)cc23)cc1. The lowest BCUT2D eigenvalue weighted by molar-refractivity contribution is 0.670. The molecule has 0 saturated heterocycles. The number of furan rings is 1. The topological polar surface area (TPSA) is 18.1 Å². The predicted molar refractivity (Wildman–Crippen MR) is 133 cm³/mol. The molecule has 0 atom stereocenters. The van der Waals surface area contributed by atoms with Gasteiger partial charge in [0.1, 0.15) is 11.2 Å². The van der Waals surface area contributed by atoms with Crippen molar-refractivity contribution in [3.05, 3.63) is 115 Å². The van der Waals surface area contributed by atoms with Crippen molar-refractivity contribution in [3.63, 3.8) is 0 Å². The number of rotatable bonds is 2. The Morgan fingerprint density at radius 3 is 1.91 bits per heavy atom. The van der Waals surface area contributed by atoms with Gasteiger partial charge in [-0.1, -0.05) is 84.9 Å². The first kappa shape index (κ1) is 17.4. The van der Waals surface area contributed by atoms with Crippen LogP contribution in [0.3, 0.4) is 0 Å². The van der Waals surface area contributed by atoms with Gasteiger partial charge >= 0.3 is 0 Å². The largest absolute Gasteiger partial charge is 0.455 e. The molecule has 0 radical (unpaired) electrons. The maximum absolute atomic E-state index is 6.38. The minimum Gasteiger partial charge on any atom is -0.455 e. The van der Waals surface area contributed by atoms with Crippen molar-refractivity contribution in [2.75, 3.05) is 0 Å². The quantitative estimate of drug-likeness (QED) is 0.280. The number of para-hydroxylation sites is 3. The summed E-state index contributed by atoms with van der Waals surface area (Å²) in [5.41, 5.74) is 7.71. The van der Waals surface area contributed by atoms with Gasteiger partial charge in [0.2, 0.25) is 0 Å². The molecule has 0 aliphatic carbocycles. The van der Waals surface area contributed by atoms with Crippen LogP contribution in [-0.2, 0) is 0 Å². The molecule has 2 nitrogen and oxygen atoms in total. The van der Waals surface area contributed by atoms with Crippen molar-refractivity contribution < 1.29 is 4.42 Å². The number of nitrogens with zero attached hydrogens (tertiary/aromatic N) is 1. The van der Waals surface area contributed by atoms with Gasteiger partial charge in [-0.3, -0.25) is 0 Å². The van der Waals surface area contributed by atoms with Crippen LogP contribution < -0.4 is 0 Å². The molecule has 2 aromatic heterocycles. The molecule has 0 fully saturated rings. The molecule has 0 aliphatic heterocycles. The zero-order chi connectivity index (χ0) is 21.1. The molecule has 0 saturated carbocycles. The van der Waals surface area contributed by atoms with E-state index in [-0.39, 0.29) is 0 Å². The van der Waals surface area contributed by atoms with Gasteiger partial charge in [0.05, 0.1) is 11.0 Å². The summed E-state index contributed by atoms with van der Waals surface area (Å²) >= 11 is 0. The van der Waals surface area contributed by atoms with Crippen LogP contribution in [0.2, 0.25) is 0 Å². The lowest BCUT2D eigenvalue weighted by Gasteiger charge is -2.08. The highest BCUT2D eigenvalue weighted by Gasteiger charge is 2.15. The van der Waals surface area contributed by atoms with Crippen molar-refractivity contribution >= 4 is 43.7 Å². The third-order valence-corrected chi connectivity index (χ3v) is 6.40. The number of aromatic nitrogens is 1. The molecule has 32 heavy (non-hydrogen) atoms. The van der Waals surface area contributed by atoms with Crippen molar-refractivity contribution in [3.8, 4) is 16.8 Å². The van der Waals surface area contributed by atoms with E-state index < -0.39 is 0 Å². The summed E-state index contributed by atoms with van der Waals surface area (Å²) in [6, 6.07) is 40.6. The summed E-state index contributed by atoms with van der Waals surface area (Å²) in [5.74, 6) is 0. The molecule has 150 valence electrons. The predicted octanol–water partition coefficient (Wildman–Crippen LogP) is 8.35. The minimum absolute atomic E-state index is 0.910. The second-order valence-electron chi connectivity index (χ2n) is 8.20. The molecule has 0 unspecified atom stereocenters. The van der Waals surface area contributed by atoms with E-state index in [9.17, 15) is 0 Å². The molecule has 7 rings (SSSR count). The molecule has 0 amide bonds. The van der Waals surface area contributed by atoms with Crippen molar-refractivity contribution in [1.82, 2.24) is 4.57 Å². The average Bonchev–Trinajstić information content (AvgIpc) is 3.40. The number of hydrogen-bond donors (Lipinski definition) is 0. The van der Waals surface area contributed by atoms with E-state index in [0.29, 0.717) is 0 Å². The molecule has 7 aromatic rings. The molecule has 2 heterocycles. The number of hydrogen-bond acceptors (Lipinski definition) is 1. The Hall–Kier alpha value is -4.30. The Kier molecular flexibility index (Phi) is 3.58. The smallest absolute Gasteiger partial charge is 0.143 e. The van der Waals surface area contributed by atoms with Gasteiger partial charge in [-0.2, -0.15) is 0 Å². The van der Waals surface area contributed by atoms with E-state index in [0.717, 1.165) is 33.2 Å². The summed E-state index contributed by atoms with van der Waals surface area (Å²) in [6.07, 6.45) is 0. The monoisotopic (exact) mass is 409 g/mol. The first-order chi connectivity index (χ1) is 15.9. The van der Waals surface area contributed by atoms with E-state index in [2.05, 4.69) is 114 Å². The average molecular weight is 409 g/mol. The Morgan fingerprint density at radius 1 is 0.500 bits per heavy atom. The van der Waals surface area contributed by atoms with E-state index in [1.54, 1.807) is 0 Å². The van der Waals surface area contributed by atoms with Crippen LogP contribution in [0.4, 0.5) is 0 Å². The summed E-state index contributed by atoms with van der Waals surface area (Å²) in [7, 11) is 0. The third-order valence-electron chi connectivity index (χ3n) is 6.40. The maximum atomic E-state index is 6.38. The maximum Gasteiger partial charge on any atom is 0.143 e. The van der Waals surface area contributed by atoms with Crippen LogP contribution in [0.15, 0.2) is 120 Å². The standard InChI is InChI=1S/C30H19NO/c1-2-9-20(10-3-1)22-13-8-14-25-26-19-21(17-18-29(26)32-30(22)25)31-27-15-6-4-11-23(27)24-12-5-7-16-28(24)31/h1-19H. The number of fused-ring (bicyclic) bond motifs is 6. The Balaban J connectivity index is 1.53. The molecule has 0 N–H and O–H groups in total. The van der Waals surface area contributed by atoms with Gasteiger partial charge in [0.15, 0.2) is 0 Å². The van der Waals surface area contributed by atoms with E-state index in [1.807, 2.05) is 6.07 Å². The molecule has 0 aliphatic rings. The zero-order valence-electron chi connectivity index (χ0n) is 17.3.